The maximum atomic E-state index is 5.41. The van der Waals surface area contributed by atoms with E-state index >= 15 is 0 Å². The molecule has 0 amide bonds. The molecule has 0 aromatic carbocycles. The van der Waals surface area contributed by atoms with Crippen LogP contribution in [0.1, 0.15) is 0 Å². The van der Waals surface area contributed by atoms with E-state index in [1.807, 2.05) is 0 Å². The number of nitrogen functional groups attached to an aromatic ring is 1. The van der Waals surface area contributed by atoms with Crippen molar-refractivity contribution in [2.45, 2.75) is 0 Å². The third-order valence-electron chi connectivity index (χ3n) is 1.14. The monoisotopic (exact) mass is 139 g/mol. The molecule has 0 unspecified atom stereocenters. The lowest BCUT2D eigenvalue weighted by atomic mass is 10.5. The van der Waals surface area contributed by atoms with Crippen molar-refractivity contribution in [2.24, 2.45) is 18.0 Å². The van der Waals surface area contributed by atoms with Crippen LogP contribution in [-0.4, -0.2) is 9.78 Å². The quantitative estimate of drug-likeness (QED) is 0.349. The molecule has 0 saturated heterocycles. The topological polar surface area (TPSA) is 82.2 Å². The van der Waals surface area contributed by atoms with Gasteiger partial charge in [0.1, 0.15) is 0 Å². The molecule has 0 aliphatic heterocycles. The van der Waals surface area contributed by atoms with Crippen molar-refractivity contribution < 1.29 is 0 Å². The Balaban J connectivity index is 3.37. The molecule has 0 spiro atoms. The van der Waals surface area contributed by atoms with E-state index in [0.29, 0.717) is 11.2 Å². The summed E-state index contributed by atoms with van der Waals surface area (Å²) in [5.41, 5.74) is 6.52. The Kier molecular flexibility index (Phi) is 1.57. The largest absolute Gasteiger partial charge is 0.397 e. The normalized spacial score (nSPS) is 11.9. The average Bonchev–Trinajstić information content (AvgIpc) is 1.94. The van der Waals surface area contributed by atoms with Crippen molar-refractivity contribution in [1.82, 2.24) is 9.78 Å². The van der Waals surface area contributed by atoms with E-state index < -0.39 is 0 Å². The highest BCUT2D eigenvalue weighted by molar-refractivity contribution is 5.31. The van der Waals surface area contributed by atoms with Gasteiger partial charge >= 0.3 is 0 Å². The molecule has 1 aromatic heterocycles. The summed E-state index contributed by atoms with van der Waals surface area (Å²) in [7, 11) is 1.74. The molecule has 1 rings (SSSR count). The first-order valence-corrected chi connectivity index (χ1v) is 2.77. The van der Waals surface area contributed by atoms with Crippen molar-refractivity contribution in [3.8, 4) is 0 Å². The lowest BCUT2D eigenvalue weighted by molar-refractivity contribution is 0.685. The summed E-state index contributed by atoms with van der Waals surface area (Å²) in [5.74, 6) is 5.03. The molecule has 54 valence electrons. The lowest BCUT2D eigenvalue weighted by Crippen LogP contribution is -2.22. The summed E-state index contributed by atoms with van der Waals surface area (Å²) in [5, 5.41) is 7.32. The Labute approximate surface area is 58.0 Å². The number of aryl methyl sites for hydroxylation is 1. The van der Waals surface area contributed by atoms with Crippen LogP contribution in [0.2, 0.25) is 0 Å². The van der Waals surface area contributed by atoms with E-state index in [2.05, 4.69) is 10.2 Å². The summed E-state index contributed by atoms with van der Waals surface area (Å²) in [4.78, 5) is 0. The molecular formula is C5H9N5. The molecule has 0 fully saturated rings. The van der Waals surface area contributed by atoms with Gasteiger partial charge in [-0.1, -0.05) is 0 Å². The Bertz CT molecular complexity index is 286. The van der Waals surface area contributed by atoms with Crippen LogP contribution in [0, 0.1) is 0 Å². The second-order valence-electron chi connectivity index (χ2n) is 1.90. The van der Waals surface area contributed by atoms with E-state index in [9.17, 15) is 0 Å². The average molecular weight is 139 g/mol. The van der Waals surface area contributed by atoms with Crippen LogP contribution in [-0.2, 0) is 7.05 Å². The van der Waals surface area contributed by atoms with E-state index in [1.54, 1.807) is 13.1 Å². The van der Waals surface area contributed by atoms with Gasteiger partial charge in [-0.15, -0.1) is 0 Å². The molecule has 5 heteroatoms. The summed E-state index contributed by atoms with van der Waals surface area (Å²) in [6.07, 6.45) is 1.54. The SMILES string of the molecule is Cn1ncc(N)cc1=NN. The van der Waals surface area contributed by atoms with Gasteiger partial charge in [0.05, 0.1) is 11.9 Å². The molecule has 1 aromatic rings. The molecule has 0 radical (unpaired) electrons. The first kappa shape index (κ1) is 6.60. The van der Waals surface area contributed by atoms with Crippen molar-refractivity contribution >= 4 is 5.69 Å². The highest BCUT2D eigenvalue weighted by atomic mass is 15.3. The second kappa shape index (κ2) is 2.38. The van der Waals surface area contributed by atoms with E-state index in [0.717, 1.165) is 0 Å². The molecular weight excluding hydrogens is 130 g/mol. The number of nitrogens with two attached hydrogens (primary N) is 2. The maximum Gasteiger partial charge on any atom is 0.170 e. The standard InChI is InChI=1S/C5H9N5/c1-10-5(9-7)2-4(6)3-8-10/h2-3H,6-7H2,1H3. The number of nitrogens with zero attached hydrogens (tertiary/aromatic N) is 3. The summed E-state index contributed by atoms with van der Waals surface area (Å²) < 4.78 is 1.54. The van der Waals surface area contributed by atoms with Gasteiger partial charge in [-0.25, -0.2) is 4.68 Å². The van der Waals surface area contributed by atoms with Crippen LogP contribution in [0.5, 0.6) is 0 Å². The molecule has 0 saturated carbocycles. The first-order chi connectivity index (χ1) is 4.74. The van der Waals surface area contributed by atoms with Crippen LogP contribution >= 0.6 is 0 Å². The predicted octanol–water partition coefficient (Wildman–Crippen LogP) is -1.22. The molecule has 1 heterocycles. The van der Waals surface area contributed by atoms with Crippen LogP contribution in [0.3, 0.4) is 0 Å². The molecule has 5 nitrogen and oxygen atoms in total. The predicted molar refractivity (Wildman–Crippen MR) is 37.4 cm³/mol. The minimum absolute atomic E-state index is 0.556. The van der Waals surface area contributed by atoms with Crippen molar-refractivity contribution in [3.05, 3.63) is 17.8 Å². The zero-order chi connectivity index (χ0) is 7.56. The molecule has 0 atom stereocenters. The first-order valence-electron chi connectivity index (χ1n) is 2.77. The van der Waals surface area contributed by atoms with Gasteiger partial charge in [0.15, 0.2) is 5.49 Å². The number of anilines is 1. The van der Waals surface area contributed by atoms with Gasteiger partial charge in [0.25, 0.3) is 0 Å². The molecule has 0 aliphatic carbocycles. The van der Waals surface area contributed by atoms with Gasteiger partial charge in [-0.2, -0.15) is 10.2 Å². The number of aromatic nitrogens is 2. The van der Waals surface area contributed by atoms with E-state index in [-0.39, 0.29) is 0 Å². The fourth-order valence-corrected chi connectivity index (χ4v) is 0.613. The minimum Gasteiger partial charge on any atom is -0.397 e. The van der Waals surface area contributed by atoms with E-state index in [1.165, 1.54) is 10.9 Å². The summed E-state index contributed by atoms with van der Waals surface area (Å²) >= 11 is 0. The van der Waals surface area contributed by atoms with Crippen LogP contribution in [0.15, 0.2) is 17.4 Å². The van der Waals surface area contributed by atoms with Crippen molar-refractivity contribution in [2.75, 3.05) is 5.73 Å². The number of hydrogen-bond donors (Lipinski definition) is 2. The highest BCUT2D eigenvalue weighted by Crippen LogP contribution is 1.87. The highest BCUT2D eigenvalue weighted by Gasteiger charge is 1.87. The summed E-state index contributed by atoms with van der Waals surface area (Å²) in [6.45, 7) is 0. The molecule has 0 bridgehead atoms. The van der Waals surface area contributed by atoms with Crippen LogP contribution in [0.25, 0.3) is 0 Å². The van der Waals surface area contributed by atoms with Gasteiger partial charge < -0.3 is 11.6 Å². The second-order valence-corrected chi connectivity index (χ2v) is 1.90. The Morgan fingerprint density at radius 2 is 2.40 bits per heavy atom. The fraction of sp³-hybridized carbons (Fsp3) is 0.200. The summed E-state index contributed by atoms with van der Waals surface area (Å²) in [6, 6.07) is 1.65. The molecule has 4 N–H and O–H groups in total. The minimum atomic E-state index is 0.556. The number of hydrogen-bond acceptors (Lipinski definition) is 4. The smallest absolute Gasteiger partial charge is 0.170 e. The van der Waals surface area contributed by atoms with Crippen molar-refractivity contribution in [3.63, 3.8) is 0 Å². The van der Waals surface area contributed by atoms with Gasteiger partial charge in [-0.05, 0) is 0 Å². The maximum absolute atomic E-state index is 5.41. The van der Waals surface area contributed by atoms with E-state index in [4.69, 9.17) is 11.6 Å². The fourth-order valence-electron chi connectivity index (χ4n) is 0.613. The van der Waals surface area contributed by atoms with Gasteiger partial charge in [0, 0.05) is 13.1 Å². The Morgan fingerprint density at radius 1 is 1.70 bits per heavy atom. The van der Waals surface area contributed by atoms with Gasteiger partial charge in [0.2, 0.25) is 0 Å². The zero-order valence-electron chi connectivity index (χ0n) is 5.65. The molecule has 10 heavy (non-hydrogen) atoms. The number of rotatable bonds is 0. The van der Waals surface area contributed by atoms with Crippen molar-refractivity contribution in [1.29, 1.82) is 0 Å². The zero-order valence-corrected chi connectivity index (χ0v) is 5.65. The lowest BCUT2D eigenvalue weighted by Gasteiger charge is -1.96. The van der Waals surface area contributed by atoms with Crippen LogP contribution in [0.4, 0.5) is 5.69 Å². The van der Waals surface area contributed by atoms with Crippen LogP contribution < -0.4 is 17.1 Å². The third kappa shape index (κ3) is 1.07. The molecule has 0 aliphatic rings. The Hall–Kier alpha value is -1.52. The third-order valence-corrected chi connectivity index (χ3v) is 1.14. The Morgan fingerprint density at radius 3 is 2.90 bits per heavy atom. The van der Waals surface area contributed by atoms with Gasteiger partial charge in [-0.3, -0.25) is 0 Å².